The molecule has 51 heavy (non-hydrogen) atoms. The average molecular weight is 650 g/mol. The van der Waals surface area contributed by atoms with Gasteiger partial charge in [-0.15, -0.1) is 0 Å². The van der Waals surface area contributed by atoms with Crippen LogP contribution in [0.2, 0.25) is 0 Å². The van der Waals surface area contributed by atoms with E-state index in [-0.39, 0.29) is 5.78 Å². The summed E-state index contributed by atoms with van der Waals surface area (Å²) < 4.78 is 0. The minimum atomic E-state index is -0.413. The van der Waals surface area contributed by atoms with Gasteiger partial charge >= 0.3 is 0 Å². The number of nitrogens with two attached hydrogens (primary N) is 1. The Hall–Kier alpha value is -5.80. The molecule has 236 valence electrons. The molecular weight excluding hydrogens is 623 g/mol. The molecule has 8 aliphatic rings. The number of hydrogen-bond donors (Lipinski definition) is 1. The van der Waals surface area contributed by atoms with Gasteiger partial charge in [0, 0.05) is 27.5 Å². The lowest BCUT2D eigenvalue weighted by molar-refractivity contribution is -0.109. The summed E-state index contributed by atoms with van der Waals surface area (Å²) >= 11 is 0. The summed E-state index contributed by atoms with van der Waals surface area (Å²) in [6.45, 7) is 0. The largest absolute Gasteiger partial charge is 0.366 e. The highest BCUT2D eigenvalue weighted by molar-refractivity contribution is 6.44. The van der Waals surface area contributed by atoms with Crippen LogP contribution in [0.4, 0.5) is 0 Å². The van der Waals surface area contributed by atoms with Crippen molar-refractivity contribution in [2.45, 2.75) is 51.4 Å². The number of allylic oxidation sites excluding steroid dienone is 5. The van der Waals surface area contributed by atoms with Gasteiger partial charge in [-0.05, 0) is 172 Å². The Morgan fingerprint density at radius 2 is 1.08 bits per heavy atom. The van der Waals surface area contributed by atoms with E-state index in [0.29, 0.717) is 5.56 Å². The molecule has 3 heteroatoms. The van der Waals surface area contributed by atoms with Crippen LogP contribution in [0.5, 0.6) is 0 Å². The highest BCUT2D eigenvalue weighted by atomic mass is 16.1. The zero-order valence-electron chi connectivity index (χ0n) is 27.7. The molecule has 3 nitrogen and oxygen atoms in total. The van der Waals surface area contributed by atoms with Crippen LogP contribution in [0.15, 0.2) is 42.0 Å². The van der Waals surface area contributed by atoms with E-state index in [1.807, 2.05) is 6.08 Å². The van der Waals surface area contributed by atoms with Gasteiger partial charge in [-0.1, -0.05) is 63.8 Å². The van der Waals surface area contributed by atoms with Gasteiger partial charge in [0.2, 0.25) is 5.91 Å². The molecule has 0 radical (unpaired) electrons. The summed E-state index contributed by atoms with van der Waals surface area (Å²) in [4.78, 5) is 27.9. The molecule has 0 saturated carbocycles. The number of ketones is 1. The zero-order valence-corrected chi connectivity index (χ0v) is 27.7. The van der Waals surface area contributed by atoms with Crippen molar-refractivity contribution in [1.82, 2.24) is 0 Å². The van der Waals surface area contributed by atoms with Gasteiger partial charge in [-0.3, -0.25) is 9.59 Å². The van der Waals surface area contributed by atoms with Gasteiger partial charge in [-0.2, -0.15) is 0 Å². The summed E-state index contributed by atoms with van der Waals surface area (Å²) in [5.74, 6) is -0.351. The number of carbonyl (C=O) groups is 2. The van der Waals surface area contributed by atoms with Crippen LogP contribution in [0, 0.1) is 0 Å². The number of amides is 1. The molecule has 0 spiro atoms. The Bertz CT molecular complexity index is 3770. The number of rotatable bonds is 1. The van der Waals surface area contributed by atoms with Gasteiger partial charge < -0.3 is 5.73 Å². The minimum Gasteiger partial charge on any atom is -0.366 e. The van der Waals surface area contributed by atoms with Crippen LogP contribution in [0.25, 0.3) is 116 Å². The second-order valence-electron chi connectivity index (χ2n) is 16.5. The SMILES string of the molecule is NC(=O)c1cc2c3c4c5c6c7c8c(cc9cc%10c%11c%12c%13c%14c(c1c3c%13c5c%11c97)C1=C(CC=CC1=O)CC=%14CC=%12CC=%10)C=CCC=8CC=6CC=4CC=2. The van der Waals surface area contributed by atoms with Crippen molar-refractivity contribution in [3.05, 3.63) is 95.2 Å². The highest BCUT2D eigenvalue weighted by Crippen LogP contribution is 2.49. The average Bonchev–Trinajstić information content (AvgIpc) is 3.14. The van der Waals surface area contributed by atoms with Crippen molar-refractivity contribution in [2.24, 2.45) is 5.73 Å². The third-order valence-corrected chi connectivity index (χ3v) is 14.4. The van der Waals surface area contributed by atoms with E-state index in [4.69, 9.17) is 5.73 Å². The molecule has 0 saturated heterocycles. The van der Waals surface area contributed by atoms with Crippen LogP contribution < -0.4 is 42.3 Å². The fraction of sp³-hybridized carbons (Fsp3) is 0.167. The topological polar surface area (TPSA) is 60.2 Å². The van der Waals surface area contributed by atoms with E-state index in [1.54, 1.807) is 17.2 Å². The summed E-state index contributed by atoms with van der Waals surface area (Å²) in [6.07, 6.45) is 20.8. The summed E-state index contributed by atoms with van der Waals surface area (Å²) in [7, 11) is 0. The zero-order chi connectivity index (χ0) is 32.9. The summed E-state index contributed by atoms with van der Waals surface area (Å²) in [5, 5.41) is 25.4. The molecule has 8 aliphatic carbocycles. The predicted octanol–water partition coefficient (Wildman–Crippen LogP) is 4.74. The summed E-state index contributed by atoms with van der Waals surface area (Å²) in [6, 6.07) is 7.05. The molecule has 0 fully saturated rings. The third kappa shape index (κ3) is 2.42. The quantitative estimate of drug-likeness (QED) is 0.207. The fourth-order valence-electron chi connectivity index (χ4n) is 12.9. The molecule has 7 aromatic rings. The molecule has 0 unspecified atom stereocenters. The Balaban J connectivity index is 1.42. The lowest BCUT2D eigenvalue weighted by atomic mass is 9.68. The lowest BCUT2D eigenvalue weighted by Gasteiger charge is -2.35. The number of hydrogen-bond acceptors (Lipinski definition) is 2. The molecule has 0 aromatic heterocycles. The highest BCUT2D eigenvalue weighted by Gasteiger charge is 2.38. The van der Waals surface area contributed by atoms with Gasteiger partial charge in [0.05, 0.1) is 0 Å². The molecule has 7 aromatic carbocycles. The maximum absolute atomic E-state index is 14.1. The van der Waals surface area contributed by atoms with Gasteiger partial charge in [0.1, 0.15) is 0 Å². The molecule has 2 N–H and O–H groups in total. The number of benzene rings is 7. The Labute approximate surface area is 289 Å². The molecule has 15 rings (SSSR count). The minimum absolute atomic E-state index is 0.0619. The van der Waals surface area contributed by atoms with Crippen LogP contribution in [0.1, 0.15) is 72.9 Å². The smallest absolute Gasteiger partial charge is 0.249 e. The van der Waals surface area contributed by atoms with E-state index in [1.165, 1.54) is 113 Å². The standard InChI is InChI=1S/C48H27NO2/c49-48(51)28-17-24-10-9-23-15-26-12-19-4-1-3-18-11-25-14-21-7-8-22-16-27-13-20-5-2-6-29(50)31(20)41-38(27)44-33(22)32(21)42-36(25)40(30(18)19)37(26)43-34(23)35(24)45(39(28)41)47(44)46(42)43/h1-3,6-7,10-11,14,17H,4-5,8-9,12-13,15-16H2,(H2,49,51). The maximum atomic E-state index is 14.1. The van der Waals surface area contributed by atoms with Crippen molar-refractivity contribution in [3.8, 4) is 0 Å². The van der Waals surface area contributed by atoms with E-state index in [9.17, 15) is 9.59 Å². The second-order valence-corrected chi connectivity index (χ2v) is 16.5. The maximum Gasteiger partial charge on any atom is 0.249 e. The first-order valence-electron chi connectivity index (χ1n) is 18.6. The van der Waals surface area contributed by atoms with Crippen LogP contribution in [-0.4, -0.2) is 11.7 Å². The molecule has 0 bridgehead atoms. The second kappa shape index (κ2) is 7.60. The number of carbonyl (C=O) groups excluding carboxylic acids is 2. The lowest BCUT2D eigenvalue weighted by Crippen LogP contribution is -2.39. The Morgan fingerprint density at radius 3 is 1.84 bits per heavy atom. The van der Waals surface area contributed by atoms with Crippen LogP contribution in [0.3, 0.4) is 0 Å². The Morgan fingerprint density at radius 1 is 0.510 bits per heavy atom. The molecule has 1 amide bonds. The van der Waals surface area contributed by atoms with E-state index >= 15 is 0 Å². The number of primary amides is 1. The monoisotopic (exact) mass is 649 g/mol. The number of fused-ring (bicyclic) bond motifs is 2. The first-order valence-corrected chi connectivity index (χ1v) is 18.6. The van der Waals surface area contributed by atoms with Crippen molar-refractivity contribution >= 4 is 128 Å². The van der Waals surface area contributed by atoms with Crippen molar-refractivity contribution < 1.29 is 9.59 Å². The predicted molar refractivity (Wildman–Crippen MR) is 208 cm³/mol. The third-order valence-electron chi connectivity index (χ3n) is 14.4. The van der Waals surface area contributed by atoms with Crippen molar-refractivity contribution in [3.63, 3.8) is 0 Å². The first kappa shape index (κ1) is 25.2. The van der Waals surface area contributed by atoms with Crippen molar-refractivity contribution in [2.75, 3.05) is 0 Å². The van der Waals surface area contributed by atoms with E-state index in [0.717, 1.165) is 78.5 Å². The van der Waals surface area contributed by atoms with Gasteiger partial charge in [0.15, 0.2) is 5.78 Å². The molecule has 0 heterocycles. The van der Waals surface area contributed by atoms with Crippen LogP contribution >= 0.6 is 0 Å². The normalized spacial score (nSPS) is 20.0. The van der Waals surface area contributed by atoms with Gasteiger partial charge in [0.25, 0.3) is 0 Å². The molecular formula is C48H27NO2. The molecule has 0 atom stereocenters. The Kier molecular flexibility index (Phi) is 3.75. The first-order chi connectivity index (χ1) is 25.0. The van der Waals surface area contributed by atoms with Gasteiger partial charge in [-0.25, -0.2) is 0 Å². The van der Waals surface area contributed by atoms with Crippen molar-refractivity contribution in [1.29, 1.82) is 0 Å². The van der Waals surface area contributed by atoms with Crippen LogP contribution in [-0.2, 0) is 4.79 Å². The van der Waals surface area contributed by atoms with E-state index in [2.05, 4.69) is 42.5 Å². The summed E-state index contributed by atoms with van der Waals surface area (Å²) in [5.41, 5.74) is 18.9. The van der Waals surface area contributed by atoms with E-state index < -0.39 is 5.91 Å². The fourth-order valence-corrected chi connectivity index (χ4v) is 12.9. The molecule has 0 aliphatic heterocycles.